The molecule has 2 amide bonds. The summed E-state index contributed by atoms with van der Waals surface area (Å²) in [7, 11) is 1.60. The summed E-state index contributed by atoms with van der Waals surface area (Å²) in [6.07, 6.45) is 5.32. The molecule has 1 atom stereocenters. The molecule has 0 bridgehead atoms. The summed E-state index contributed by atoms with van der Waals surface area (Å²) in [4.78, 5) is 20.3. The van der Waals surface area contributed by atoms with Crippen LogP contribution in [0.3, 0.4) is 0 Å². The lowest BCUT2D eigenvalue weighted by atomic mass is 9.96. The molecular weight excluding hydrogens is 428 g/mol. The quantitative estimate of drug-likeness (QED) is 0.636. The minimum atomic E-state index is -0.677. The van der Waals surface area contributed by atoms with E-state index in [2.05, 4.69) is 10.5 Å². The summed E-state index contributed by atoms with van der Waals surface area (Å²) in [5.41, 5.74) is 1.82. The van der Waals surface area contributed by atoms with Crippen LogP contribution in [0.4, 0.5) is 13.6 Å². The van der Waals surface area contributed by atoms with E-state index >= 15 is 0 Å². The van der Waals surface area contributed by atoms with Crippen molar-refractivity contribution in [1.29, 1.82) is 0 Å². The van der Waals surface area contributed by atoms with Gasteiger partial charge in [0.2, 0.25) is 0 Å². The predicted octanol–water partition coefficient (Wildman–Crippen LogP) is 5.01. The van der Waals surface area contributed by atoms with Gasteiger partial charge >= 0.3 is 6.03 Å². The monoisotopic (exact) mass is 457 g/mol. The number of urea groups is 1. The van der Waals surface area contributed by atoms with Crippen LogP contribution in [0.1, 0.15) is 49.7 Å². The smallest absolute Gasteiger partial charge is 0.318 e. The van der Waals surface area contributed by atoms with Crippen molar-refractivity contribution in [2.45, 2.75) is 57.2 Å². The molecule has 33 heavy (non-hydrogen) atoms. The Labute approximate surface area is 192 Å². The van der Waals surface area contributed by atoms with Gasteiger partial charge in [-0.3, -0.25) is 0 Å². The van der Waals surface area contributed by atoms with Crippen LogP contribution in [-0.2, 0) is 11.4 Å². The molecule has 1 saturated carbocycles. The highest BCUT2D eigenvalue weighted by Gasteiger charge is 2.29. The maximum Gasteiger partial charge on any atom is 0.318 e. The van der Waals surface area contributed by atoms with E-state index in [9.17, 15) is 13.6 Å². The van der Waals surface area contributed by atoms with Gasteiger partial charge in [-0.1, -0.05) is 42.6 Å². The minimum absolute atomic E-state index is 0.00845. The third-order valence-corrected chi connectivity index (χ3v) is 6.17. The van der Waals surface area contributed by atoms with Crippen LogP contribution in [-0.4, -0.2) is 42.4 Å². The maximum absolute atomic E-state index is 14.3. The summed E-state index contributed by atoms with van der Waals surface area (Å²) < 4.78 is 33.1. The number of amides is 2. The van der Waals surface area contributed by atoms with E-state index in [1.54, 1.807) is 7.11 Å². The molecular formula is C25H29F2N3O3. The zero-order valence-electron chi connectivity index (χ0n) is 18.7. The van der Waals surface area contributed by atoms with Crippen LogP contribution in [0, 0.1) is 11.6 Å². The van der Waals surface area contributed by atoms with Crippen LogP contribution in [0.5, 0.6) is 5.75 Å². The number of halogens is 2. The van der Waals surface area contributed by atoms with Crippen molar-refractivity contribution >= 4 is 11.7 Å². The van der Waals surface area contributed by atoms with Gasteiger partial charge in [0.15, 0.2) is 6.10 Å². The van der Waals surface area contributed by atoms with E-state index in [4.69, 9.17) is 9.57 Å². The highest BCUT2D eigenvalue weighted by molar-refractivity contribution is 6.03. The number of rotatable bonds is 7. The van der Waals surface area contributed by atoms with Crippen molar-refractivity contribution in [1.82, 2.24) is 10.2 Å². The number of hydrogen-bond acceptors (Lipinski definition) is 4. The molecule has 1 aliphatic carbocycles. The van der Waals surface area contributed by atoms with Gasteiger partial charge in [0.25, 0.3) is 0 Å². The van der Waals surface area contributed by atoms with E-state index < -0.39 is 11.6 Å². The number of oxime groups is 1. The number of nitrogens with one attached hydrogen (secondary N) is 1. The summed E-state index contributed by atoms with van der Waals surface area (Å²) in [5, 5.41) is 7.30. The number of para-hydroxylation sites is 1. The topological polar surface area (TPSA) is 63.2 Å². The molecule has 0 spiro atoms. The minimum Gasteiger partial charge on any atom is -0.496 e. The molecule has 2 aliphatic rings. The molecule has 1 aliphatic heterocycles. The summed E-state index contributed by atoms with van der Waals surface area (Å²) in [6.45, 7) is 0.228. The largest absolute Gasteiger partial charge is 0.496 e. The fourth-order valence-electron chi connectivity index (χ4n) is 4.40. The fraction of sp³-hybridized carbons (Fsp3) is 0.440. The van der Waals surface area contributed by atoms with E-state index in [0.29, 0.717) is 12.2 Å². The summed E-state index contributed by atoms with van der Waals surface area (Å²) in [6, 6.07) is 10.8. The first-order valence-corrected chi connectivity index (χ1v) is 11.4. The molecule has 176 valence electrons. The molecule has 2 aromatic carbocycles. The van der Waals surface area contributed by atoms with Gasteiger partial charge < -0.3 is 19.8 Å². The lowest BCUT2D eigenvalue weighted by molar-refractivity contribution is 0.0580. The van der Waals surface area contributed by atoms with Crippen LogP contribution < -0.4 is 10.1 Å². The highest BCUT2D eigenvalue weighted by atomic mass is 19.1. The molecule has 0 saturated heterocycles. The summed E-state index contributed by atoms with van der Waals surface area (Å²) >= 11 is 0. The van der Waals surface area contributed by atoms with Gasteiger partial charge in [0.1, 0.15) is 17.4 Å². The van der Waals surface area contributed by atoms with E-state index in [-0.39, 0.29) is 36.8 Å². The van der Waals surface area contributed by atoms with E-state index in [1.165, 1.54) is 23.5 Å². The molecule has 1 unspecified atom stereocenters. The number of hydrogen-bond donors (Lipinski definition) is 1. The van der Waals surface area contributed by atoms with Crippen molar-refractivity contribution in [3.8, 4) is 5.75 Å². The molecule has 1 fully saturated rings. The molecule has 6 nitrogen and oxygen atoms in total. The molecule has 8 heteroatoms. The lowest BCUT2D eigenvalue weighted by Gasteiger charge is -2.29. The third kappa shape index (κ3) is 5.80. The Morgan fingerprint density at radius 1 is 1.18 bits per heavy atom. The van der Waals surface area contributed by atoms with E-state index in [1.807, 2.05) is 24.3 Å². The van der Waals surface area contributed by atoms with Gasteiger partial charge in [0.05, 0.1) is 25.9 Å². The van der Waals surface area contributed by atoms with Gasteiger partial charge in [-0.15, -0.1) is 0 Å². The SMILES string of the molecule is COc1ccccc1C1=NOC(CN(Cc2ccc(F)cc2F)C(=O)NC2CCCCC2)C1. The van der Waals surface area contributed by atoms with Crippen molar-refractivity contribution in [3.05, 3.63) is 65.2 Å². The fourth-order valence-corrected chi connectivity index (χ4v) is 4.40. The molecule has 1 N–H and O–H groups in total. The van der Waals surface area contributed by atoms with Crippen molar-refractivity contribution < 1.29 is 23.1 Å². The van der Waals surface area contributed by atoms with Gasteiger partial charge in [0, 0.05) is 29.7 Å². The Balaban J connectivity index is 1.46. The maximum atomic E-state index is 14.3. The van der Waals surface area contributed by atoms with Gasteiger partial charge in [-0.2, -0.15) is 0 Å². The van der Waals surface area contributed by atoms with Gasteiger partial charge in [-0.05, 0) is 31.0 Å². The Morgan fingerprint density at radius 3 is 2.73 bits per heavy atom. The highest BCUT2D eigenvalue weighted by Crippen LogP contribution is 2.26. The average Bonchev–Trinajstić information content (AvgIpc) is 3.29. The first-order valence-electron chi connectivity index (χ1n) is 11.4. The molecule has 0 radical (unpaired) electrons. The molecule has 2 aromatic rings. The summed E-state index contributed by atoms with van der Waals surface area (Å²) in [5.74, 6) is -0.631. The number of nitrogens with zero attached hydrogens (tertiary/aromatic N) is 2. The second-order valence-corrected chi connectivity index (χ2v) is 8.57. The molecule has 0 aromatic heterocycles. The third-order valence-electron chi connectivity index (χ3n) is 6.17. The molecule has 4 rings (SSSR count). The number of carbonyl (C=O) groups excluding carboxylic acids is 1. The Hall–Kier alpha value is -3.16. The number of carbonyl (C=O) groups is 1. The average molecular weight is 458 g/mol. The van der Waals surface area contributed by atoms with Crippen LogP contribution in [0.15, 0.2) is 47.6 Å². The van der Waals surface area contributed by atoms with Crippen LogP contribution in [0.2, 0.25) is 0 Å². The predicted molar refractivity (Wildman–Crippen MR) is 121 cm³/mol. The standard InChI is InChI=1S/C25H29F2N3O3/c1-32-24-10-6-5-9-21(24)23-14-20(33-29-23)16-30(15-17-11-12-18(26)13-22(17)27)25(31)28-19-7-3-2-4-8-19/h5-6,9-13,19-20H,2-4,7-8,14-16H2,1H3,(H,28,31). The Bertz CT molecular complexity index is 1010. The second kappa shape index (κ2) is 10.6. The van der Waals surface area contributed by atoms with Crippen molar-refractivity contribution in [2.24, 2.45) is 5.16 Å². The van der Waals surface area contributed by atoms with Crippen LogP contribution >= 0.6 is 0 Å². The number of benzene rings is 2. The van der Waals surface area contributed by atoms with Crippen molar-refractivity contribution in [2.75, 3.05) is 13.7 Å². The zero-order valence-corrected chi connectivity index (χ0v) is 18.7. The Morgan fingerprint density at radius 2 is 1.97 bits per heavy atom. The van der Waals surface area contributed by atoms with Crippen LogP contribution in [0.25, 0.3) is 0 Å². The van der Waals surface area contributed by atoms with Gasteiger partial charge in [-0.25, -0.2) is 13.6 Å². The van der Waals surface area contributed by atoms with E-state index in [0.717, 1.165) is 43.0 Å². The second-order valence-electron chi connectivity index (χ2n) is 8.57. The lowest BCUT2D eigenvalue weighted by Crippen LogP contribution is -2.47. The number of ether oxygens (including phenoxy) is 1. The zero-order chi connectivity index (χ0) is 23.2. The first kappa shape index (κ1) is 23.0. The molecule has 1 heterocycles. The number of methoxy groups -OCH3 is 1. The normalized spacial score (nSPS) is 18.4. The first-order chi connectivity index (χ1) is 16.0. The van der Waals surface area contributed by atoms with Crippen molar-refractivity contribution in [3.63, 3.8) is 0 Å². The Kier molecular flexibility index (Phi) is 7.42.